The molecule has 0 fully saturated rings. The Hall–Kier alpha value is -3.15. The average Bonchev–Trinajstić information content (AvgIpc) is 3.14. The molecule has 1 heterocycles. The van der Waals surface area contributed by atoms with Gasteiger partial charge >= 0.3 is 0 Å². The molecule has 1 atom stereocenters. The lowest BCUT2D eigenvalue weighted by atomic mass is 10.0. The smallest absolute Gasteiger partial charge is 0.242 e. The van der Waals surface area contributed by atoms with Gasteiger partial charge in [0.1, 0.15) is 24.9 Å². The van der Waals surface area contributed by atoms with E-state index in [1.54, 1.807) is 7.11 Å². The van der Waals surface area contributed by atoms with E-state index in [2.05, 4.69) is 15.4 Å². The third-order valence-corrected chi connectivity index (χ3v) is 3.98. The standard InChI is InChI=1S/C19H20N4O2/c1-14(22-19(24)11-23-13-20-12-21-23)15-7-9-16(10-8-15)17-5-3-4-6-18(17)25-2/h3-10,12-14H,11H2,1-2H3,(H,22,24)/t14-/m0/s1. The number of hydrogen-bond donors (Lipinski definition) is 1. The van der Waals surface area contributed by atoms with Crippen LogP contribution in [-0.4, -0.2) is 27.8 Å². The number of nitrogens with zero attached hydrogens (tertiary/aromatic N) is 3. The molecule has 3 rings (SSSR count). The van der Waals surface area contributed by atoms with E-state index in [9.17, 15) is 4.79 Å². The van der Waals surface area contributed by atoms with Gasteiger partial charge in [-0.15, -0.1) is 0 Å². The van der Waals surface area contributed by atoms with Crippen LogP contribution in [0.3, 0.4) is 0 Å². The second kappa shape index (κ2) is 7.61. The summed E-state index contributed by atoms with van der Waals surface area (Å²) in [6, 6.07) is 15.9. The van der Waals surface area contributed by atoms with Crippen molar-refractivity contribution >= 4 is 5.91 Å². The van der Waals surface area contributed by atoms with Crippen LogP contribution in [0.2, 0.25) is 0 Å². The molecule has 1 aromatic heterocycles. The van der Waals surface area contributed by atoms with E-state index in [1.807, 2.05) is 55.5 Å². The van der Waals surface area contributed by atoms with Gasteiger partial charge in [-0.3, -0.25) is 4.79 Å². The van der Waals surface area contributed by atoms with Gasteiger partial charge in [0.15, 0.2) is 0 Å². The first kappa shape index (κ1) is 16.7. The van der Waals surface area contributed by atoms with Gasteiger partial charge in [0.25, 0.3) is 0 Å². The maximum atomic E-state index is 12.0. The van der Waals surface area contributed by atoms with E-state index < -0.39 is 0 Å². The number of amides is 1. The number of nitrogens with one attached hydrogen (secondary N) is 1. The van der Waals surface area contributed by atoms with E-state index in [4.69, 9.17) is 4.74 Å². The first-order valence-electron chi connectivity index (χ1n) is 8.02. The molecule has 0 bridgehead atoms. The van der Waals surface area contributed by atoms with Gasteiger partial charge in [-0.25, -0.2) is 9.67 Å². The van der Waals surface area contributed by atoms with Crippen molar-refractivity contribution in [3.8, 4) is 16.9 Å². The Kier molecular flexibility index (Phi) is 5.09. The van der Waals surface area contributed by atoms with Crippen molar-refractivity contribution < 1.29 is 9.53 Å². The minimum atomic E-state index is -0.105. The fourth-order valence-corrected chi connectivity index (χ4v) is 2.67. The van der Waals surface area contributed by atoms with Crippen LogP contribution in [0.25, 0.3) is 11.1 Å². The minimum Gasteiger partial charge on any atom is -0.496 e. The maximum Gasteiger partial charge on any atom is 0.242 e. The topological polar surface area (TPSA) is 69.0 Å². The summed E-state index contributed by atoms with van der Waals surface area (Å²) in [6.45, 7) is 2.11. The molecular weight excluding hydrogens is 316 g/mol. The van der Waals surface area contributed by atoms with Crippen molar-refractivity contribution in [1.29, 1.82) is 0 Å². The number of rotatable bonds is 6. The molecule has 0 aliphatic rings. The second-order valence-electron chi connectivity index (χ2n) is 5.70. The van der Waals surface area contributed by atoms with Crippen LogP contribution < -0.4 is 10.1 Å². The van der Waals surface area contributed by atoms with Crippen LogP contribution in [0.1, 0.15) is 18.5 Å². The Bertz CT molecular complexity index is 829. The summed E-state index contributed by atoms with van der Waals surface area (Å²) in [7, 11) is 1.67. The molecular formula is C19H20N4O2. The molecule has 0 aliphatic heterocycles. The fraction of sp³-hybridized carbons (Fsp3) is 0.211. The van der Waals surface area contributed by atoms with E-state index in [0.29, 0.717) is 0 Å². The summed E-state index contributed by atoms with van der Waals surface area (Å²) in [5.41, 5.74) is 3.15. The van der Waals surface area contributed by atoms with Gasteiger partial charge in [-0.1, -0.05) is 42.5 Å². The highest BCUT2D eigenvalue weighted by molar-refractivity contribution is 5.76. The zero-order valence-corrected chi connectivity index (χ0v) is 14.2. The number of carbonyl (C=O) groups is 1. The number of benzene rings is 2. The highest BCUT2D eigenvalue weighted by Crippen LogP contribution is 2.30. The lowest BCUT2D eigenvalue weighted by molar-refractivity contribution is -0.122. The predicted molar refractivity (Wildman–Crippen MR) is 95.0 cm³/mol. The lowest BCUT2D eigenvalue weighted by Gasteiger charge is -2.15. The molecule has 128 valence electrons. The molecule has 6 nitrogen and oxygen atoms in total. The lowest BCUT2D eigenvalue weighted by Crippen LogP contribution is -2.30. The summed E-state index contributed by atoms with van der Waals surface area (Å²) < 4.78 is 6.90. The summed E-state index contributed by atoms with van der Waals surface area (Å²) >= 11 is 0. The third-order valence-electron chi connectivity index (χ3n) is 3.98. The van der Waals surface area contributed by atoms with Gasteiger partial charge in [-0.05, 0) is 24.1 Å². The van der Waals surface area contributed by atoms with Gasteiger partial charge in [0.05, 0.1) is 13.2 Å². The van der Waals surface area contributed by atoms with Crippen molar-refractivity contribution in [2.75, 3.05) is 7.11 Å². The molecule has 0 spiro atoms. The Morgan fingerprint density at radius 1 is 1.20 bits per heavy atom. The molecule has 0 radical (unpaired) electrons. The predicted octanol–water partition coefficient (Wildman–Crippen LogP) is 2.83. The van der Waals surface area contributed by atoms with Crippen LogP contribution in [0.15, 0.2) is 61.2 Å². The highest BCUT2D eigenvalue weighted by Gasteiger charge is 2.11. The van der Waals surface area contributed by atoms with Gasteiger partial charge in [-0.2, -0.15) is 5.10 Å². The Morgan fingerprint density at radius 3 is 2.64 bits per heavy atom. The van der Waals surface area contributed by atoms with Crippen molar-refractivity contribution in [3.63, 3.8) is 0 Å². The minimum absolute atomic E-state index is 0.0947. The Balaban J connectivity index is 1.68. The Morgan fingerprint density at radius 2 is 1.96 bits per heavy atom. The van der Waals surface area contributed by atoms with E-state index in [1.165, 1.54) is 17.3 Å². The van der Waals surface area contributed by atoms with E-state index in [-0.39, 0.29) is 18.5 Å². The number of methoxy groups -OCH3 is 1. The molecule has 6 heteroatoms. The van der Waals surface area contributed by atoms with Gasteiger partial charge in [0, 0.05) is 5.56 Å². The second-order valence-corrected chi connectivity index (χ2v) is 5.70. The molecule has 2 aromatic carbocycles. The number of ether oxygens (including phenoxy) is 1. The molecule has 3 aromatic rings. The van der Waals surface area contributed by atoms with Crippen LogP contribution in [0, 0.1) is 0 Å². The molecule has 1 N–H and O–H groups in total. The van der Waals surface area contributed by atoms with Crippen LogP contribution in [0.5, 0.6) is 5.75 Å². The van der Waals surface area contributed by atoms with Crippen LogP contribution in [-0.2, 0) is 11.3 Å². The van der Waals surface area contributed by atoms with E-state index in [0.717, 1.165) is 22.4 Å². The Labute approximate surface area is 146 Å². The van der Waals surface area contributed by atoms with Crippen molar-refractivity contribution in [2.45, 2.75) is 19.5 Å². The molecule has 0 unspecified atom stereocenters. The zero-order chi connectivity index (χ0) is 17.6. The first-order valence-corrected chi connectivity index (χ1v) is 8.02. The number of hydrogen-bond acceptors (Lipinski definition) is 4. The third kappa shape index (κ3) is 4.03. The number of carbonyl (C=O) groups excluding carboxylic acids is 1. The molecule has 0 saturated heterocycles. The SMILES string of the molecule is COc1ccccc1-c1ccc([C@H](C)NC(=O)Cn2cncn2)cc1. The molecule has 25 heavy (non-hydrogen) atoms. The van der Waals surface area contributed by atoms with Crippen LogP contribution >= 0.6 is 0 Å². The quantitative estimate of drug-likeness (QED) is 0.751. The summed E-state index contributed by atoms with van der Waals surface area (Å²) in [4.78, 5) is 15.9. The monoisotopic (exact) mass is 336 g/mol. The number of aromatic nitrogens is 3. The highest BCUT2D eigenvalue weighted by atomic mass is 16.5. The average molecular weight is 336 g/mol. The van der Waals surface area contributed by atoms with Gasteiger partial charge < -0.3 is 10.1 Å². The number of para-hydroxylation sites is 1. The normalized spacial score (nSPS) is 11.8. The molecule has 0 saturated carbocycles. The fourth-order valence-electron chi connectivity index (χ4n) is 2.67. The van der Waals surface area contributed by atoms with Crippen LogP contribution in [0.4, 0.5) is 0 Å². The summed E-state index contributed by atoms with van der Waals surface area (Å²) in [5, 5.41) is 6.89. The van der Waals surface area contributed by atoms with Crippen molar-refractivity contribution in [3.05, 3.63) is 66.7 Å². The summed E-state index contributed by atoms with van der Waals surface area (Å²) in [6.07, 6.45) is 2.93. The van der Waals surface area contributed by atoms with E-state index >= 15 is 0 Å². The first-order chi connectivity index (χ1) is 12.2. The maximum absolute atomic E-state index is 12.0. The molecule has 0 aliphatic carbocycles. The van der Waals surface area contributed by atoms with Gasteiger partial charge in [0.2, 0.25) is 5.91 Å². The summed E-state index contributed by atoms with van der Waals surface area (Å²) in [5.74, 6) is 0.733. The zero-order valence-electron chi connectivity index (χ0n) is 14.2. The van der Waals surface area contributed by atoms with Crippen molar-refractivity contribution in [2.24, 2.45) is 0 Å². The molecule has 1 amide bonds. The van der Waals surface area contributed by atoms with Crippen molar-refractivity contribution in [1.82, 2.24) is 20.1 Å². The largest absolute Gasteiger partial charge is 0.496 e.